The van der Waals surface area contributed by atoms with Gasteiger partial charge in [0.25, 0.3) is 0 Å². The SMILES string of the molecule is C=C1/C=C\C(CCC)=C/C2(c3ccc(-n4c5ccccc5c5ccccc54)cc3)c3cc(CCC)ccc3C1(c1ccc(-n3c4ccccc4c4ccccc43)cc1)c1cc(CCC)ccc12. The summed E-state index contributed by atoms with van der Waals surface area (Å²) in [5.41, 5.74) is 19.0. The third-order valence-electron chi connectivity index (χ3n) is 15.1. The highest BCUT2D eigenvalue weighted by molar-refractivity contribution is 6.10. The average Bonchev–Trinajstić information content (AvgIpc) is 3.91. The quantitative estimate of drug-likeness (QED) is 0.130. The van der Waals surface area contributed by atoms with Gasteiger partial charge in [0, 0.05) is 32.9 Å². The summed E-state index contributed by atoms with van der Waals surface area (Å²) in [5, 5.41) is 5.09. The molecule has 67 heavy (non-hydrogen) atoms. The minimum absolute atomic E-state index is 0.579. The lowest BCUT2D eigenvalue weighted by Gasteiger charge is -2.50. The second-order valence-electron chi connectivity index (χ2n) is 19.0. The first kappa shape index (κ1) is 41.0. The number of fused-ring (bicyclic) bond motifs is 9. The van der Waals surface area contributed by atoms with Crippen molar-refractivity contribution in [3.63, 3.8) is 0 Å². The molecule has 2 heteroatoms. The monoisotopic (exact) mass is 864 g/mol. The first-order valence-corrected chi connectivity index (χ1v) is 24.5. The maximum absolute atomic E-state index is 5.13. The highest BCUT2D eigenvalue weighted by Gasteiger charge is 2.53. The Morgan fingerprint density at radius 2 is 0.836 bits per heavy atom. The minimum atomic E-state index is -0.656. The van der Waals surface area contributed by atoms with Crippen molar-refractivity contribution in [2.45, 2.75) is 70.1 Å². The molecule has 0 aliphatic heterocycles. The van der Waals surface area contributed by atoms with Crippen LogP contribution in [0.3, 0.4) is 0 Å². The molecule has 8 aromatic carbocycles. The van der Waals surface area contributed by atoms with Crippen LogP contribution in [0, 0.1) is 0 Å². The van der Waals surface area contributed by atoms with Crippen LogP contribution >= 0.6 is 0 Å². The molecule has 2 aromatic heterocycles. The molecule has 0 saturated heterocycles. The van der Waals surface area contributed by atoms with Gasteiger partial charge in [-0.2, -0.15) is 0 Å². The fourth-order valence-electron chi connectivity index (χ4n) is 12.3. The molecule has 12 rings (SSSR count). The minimum Gasteiger partial charge on any atom is -0.309 e. The number of nitrogens with zero attached hydrogens (tertiary/aromatic N) is 2. The number of benzene rings is 8. The van der Waals surface area contributed by atoms with Gasteiger partial charge in [-0.05, 0) is 118 Å². The number of para-hydroxylation sites is 4. The molecule has 0 amide bonds. The maximum atomic E-state index is 5.13. The summed E-state index contributed by atoms with van der Waals surface area (Å²) >= 11 is 0. The Morgan fingerprint density at radius 3 is 1.31 bits per heavy atom. The van der Waals surface area contributed by atoms with Gasteiger partial charge in [0.1, 0.15) is 0 Å². The molecule has 2 nitrogen and oxygen atoms in total. The lowest BCUT2D eigenvalue weighted by molar-refractivity contribution is 0.624. The van der Waals surface area contributed by atoms with Crippen LogP contribution in [-0.4, -0.2) is 9.13 Å². The number of hydrogen-bond donors (Lipinski definition) is 0. The molecule has 2 atom stereocenters. The molecular formula is C65H56N2. The van der Waals surface area contributed by atoms with E-state index >= 15 is 0 Å². The molecule has 0 fully saturated rings. The zero-order valence-electron chi connectivity index (χ0n) is 38.9. The van der Waals surface area contributed by atoms with Gasteiger partial charge in [-0.1, -0.05) is 204 Å². The predicted octanol–water partition coefficient (Wildman–Crippen LogP) is 16.6. The second kappa shape index (κ2) is 16.2. The lowest BCUT2D eigenvalue weighted by Crippen LogP contribution is -2.44. The van der Waals surface area contributed by atoms with Crippen molar-refractivity contribution in [1.82, 2.24) is 9.13 Å². The molecule has 2 bridgehead atoms. The van der Waals surface area contributed by atoms with Gasteiger partial charge in [0.05, 0.1) is 32.9 Å². The Morgan fingerprint density at radius 1 is 0.403 bits per heavy atom. The third-order valence-corrected chi connectivity index (χ3v) is 15.1. The smallest absolute Gasteiger partial charge is 0.0702 e. The summed E-state index contributed by atoms with van der Waals surface area (Å²) in [5.74, 6) is 0. The van der Waals surface area contributed by atoms with Gasteiger partial charge >= 0.3 is 0 Å². The fraction of sp³-hybridized carbons (Fsp3) is 0.169. The van der Waals surface area contributed by atoms with Gasteiger partial charge < -0.3 is 9.13 Å². The summed E-state index contributed by atoms with van der Waals surface area (Å²) in [6, 6.07) is 69.3. The molecule has 2 aliphatic carbocycles. The van der Waals surface area contributed by atoms with Crippen molar-refractivity contribution in [3.8, 4) is 11.4 Å². The van der Waals surface area contributed by atoms with Gasteiger partial charge in [0.15, 0.2) is 0 Å². The van der Waals surface area contributed by atoms with E-state index in [2.05, 4.69) is 230 Å². The van der Waals surface area contributed by atoms with Crippen LogP contribution in [-0.2, 0) is 23.7 Å². The number of hydrogen-bond acceptors (Lipinski definition) is 0. The van der Waals surface area contributed by atoms with Crippen LogP contribution in [0.15, 0.2) is 218 Å². The average molecular weight is 865 g/mol. The van der Waals surface area contributed by atoms with Crippen LogP contribution in [0.5, 0.6) is 0 Å². The number of allylic oxidation sites excluding steroid dienone is 5. The Hall–Kier alpha value is -7.42. The van der Waals surface area contributed by atoms with E-state index in [9.17, 15) is 0 Å². The molecule has 2 heterocycles. The zero-order chi connectivity index (χ0) is 45.3. The molecule has 2 unspecified atom stereocenters. The van der Waals surface area contributed by atoms with Crippen molar-refractivity contribution < 1.29 is 0 Å². The van der Waals surface area contributed by atoms with Crippen LogP contribution in [0.1, 0.15) is 91.0 Å². The van der Waals surface area contributed by atoms with Gasteiger partial charge in [-0.3, -0.25) is 0 Å². The third kappa shape index (κ3) is 6.08. The van der Waals surface area contributed by atoms with E-state index < -0.39 is 10.8 Å². The Labute approximate surface area is 394 Å². The highest BCUT2D eigenvalue weighted by atomic mass is 15.0. The van der Waals surface area contributed by atoms with E-state index in [0.717, 1.165) is 49.8 Å². The molecule has 0 saturated carbocycles. The number of aryl methyl sites for hydroxylation is 2. The van der Waals surface area contributed by atoms with E-state index in [-0.39, 0.29) is 0 Å². The van der Waals surface area contributed by atoms with Crippen LogP contribution < -0.4 is 0 Å². The van der Waals surface area contributed by atoms with Crippen molar-refractivity contribution in [1.29, 1.82) is 0 Å². The normalized spacial score (nSPS) is 19.0. The van der Waals surface area contributed by atoms with E-state index in [1.165, 1.54) is 99.4 Å². The maximum Gasteiger partial charge on any atom is 0.0702 e. The van der Waals surface area contributed by atoms with Crippen LogP contribution in [0.4, 0.5) is 0 Å². The summed E-state index contributed by atoms with van der Waals surface area (Å²) in [6.45, 7) is 12.0. The van der Waals surface area contributed by atoms with Gasteiger partial charge in [-0.15, -0.1) is 0 Å². The molecule has 0 N–H and O–H groups in total. The number of aromatic nitrogens is 2. The van der Waals surface area contributed by atoms with Gasteiger partial charge in [0.2, 0.25) is 0 Å². The van der Waals surface area contributed by atoms with E-state index in [0.29, 0.717) is 0 Å². The molecule has 0 radical (unpaired) electrons. The van der Waals surface area contributed by atoms with Crippen molar-refractivity contribution in [3.05, 3.63) is 262 Å². The predicted molar refractivity (Wildman–Crippen MR) is 283 cm³/mol. The van der Waals surface area contributed by atoms with E-state index in [4.69, 9.17) is 6.58 Å². The largest absolute Gasteiger partial charge is 0.309 e. The second-order valence-corrected chi connectivity index (χ2v) is 19.0. The standard InChI is InChI=1S/C65H56N2/c1-5-16-45-30-40-57-58(41-45)64(48-31-35-50(36-32-48)66-60-23-12-8-19-52(60)53-20-9-13-24-61(53)66)43-47(18-7-3)28-27-44(4)65(57,59-42-46(17-6-2)29-39-56(59)64)49-33-37-51(38-34-49)67-62-25-14-10-21-54(62)55-22-11-15-26-63(55)67/h8-15,19-43H,4-7,16-18H2,1-3H3/b28-27-,47-43-. The molecule has 10 aromatic rings. The lowest BCUT2D eigenvalue weighted by atomic mass is 9.51. The van der Waals surface area contributed by atoms with Crippen molar-refractivity contribution in [2.24, 2.45) is 0 Å². The van der Waals surface area contributed by atoms with Gasteiger partial charge in [-0.25, -0.2) is 0 Å². The first-order chi connectivity index (χ1) is 33.0. The Kier molecular flexibility index (Phi) is 9.91. The molecular weight excluding hydrogens is 809 g/mol. The summed E-state index contributed by atoms with van der Waals surface area (Å²) in [6.07, 6.45) is 13.6. The fourth-order valence-corrected chi connectivity index (χ4v) is 12.3. The number of rotatable bonds is 10. The van der Waals surface area contributed by atoms with Crippen molar-refractivity contribution in [2.75, 3.05) is 0 Å². The van der Waals surface area contributed by atoms with Crippen LogP contribution in [0.25, 0.3) is 55.0 Å². The Balaban J connectivity index is 1.14. The summed E-state index contributed by atoms with van der Waals surface area (Å²) < 4.78 is 4.87. The summed E-state index contributed by atoms with van der Waals surface area (Å²) in [4.78, 5) is 0. The summed E-state index contributed by atoms with van der Waals surface area (Å²) in [7, 11) is 0. The Bertz CT molecular complexity index is 3520. The van der Waals surface area contributed by atoms with E-state index in [1.54, 1.807) is 0 Å². The topological polar surface area (TPSA) is 9.86 Å². The van der Waals surface area contributed by atoms with Crippen LogP contribution in [0.2, 0.25) is 0 Å². The highest BCUT2D eigenvalue weighted by Crippen LogP contribution is 2.60. The molecule has 326 valence electrons. The van der Waals surface area contributed by atoms with E-state index in [1.807, 2.05) is 0 Å². The first-order valence-electron chi connectivity index (χ1n) is 24.5. The molecule has 0 spiro atoms. The zero-order valence-corrected chi connectivity index (χ0v) is 38.9. The van der Waals surface area contributed by atoms with Crippen molar-refractivity contribution >= 4 is 43.6 Å². The molecule has 2 aliphatic rings.